The van der Waals surface area contributed by atoms with Crippen LogP contribution in [-0.2, 0) is 4.79 Å². The number of carbonyl (C=O) groups is 3. The van der Waals surface area contributed by atoms with Crippen molar-refractivity contribution in [3.8, 4) is 0 Å². The first-order chi connectivity index (χ1) is 14.0. The highest BCUT2D eigenvalue weighted by molar-refractivity contribution is 6.27. The number of likely N-dealkylation sites (N-methyl/N-ethyl adjacent to an activating group) is 2. The predicted octanol–water partition coefficient (Wildman–Crippen LogP) is 2.95. The third-order valence-corrected chi connectivity index (χ3v) is 5.85. The van der Waals surface area contributed by atoms with Gasteiger partial charge in [0.1, 0.15) is 11.4 Å². The summed E-state index contributed by atoms with van der Waals surface area (Å²) in [4.78, 5) is 45.6. The van der Waals surface area contributed by atoms with E-state index in [0.717, 1.165) is 25.9 Å². The van der Waals surface area contributed by atoms with Gasteiger partial charge in [0.15, 0.2) is 0 Å². The van der Waals surface area contributed by atoms with Crippen LogP contribution in [0.3, 0.4) is 0 Å². The Balaban J connectivity index is 2.04. The molecule has 0 bridgehead atoms. The molecule has 1 aromatic rings. The first kappa shape index (κ1) is 21.2. The number of fused-ring (bicyclic) bond motifs is 1. The highest BCUT2D eigenvalue weighted by Crippen LogP contribution is 2.30. The normalized spacial score (nSPS) is 17.3. The lowest BCUT2D eigenvalue weighted by molar-refractivity contribution is -0.130. The summed E-state index contributed by atoms with van der Waals surface area (Å²) < 4.78 is 0. The number of allylic oxidation sites excluding steroid dienone is 2. The van der Waals surface area contributed by atoms with Crippen LogP contribution >= 0.6 is 0 Å². The summed E-state index contributed by atoms with van der Waals surface area (Å²) in [7, 11) is 0. The molecule has 1 aromatic carbocycles. The van der Waals surface area contributed by atoms with Crippen molar-refractivity contribution in [1.82, 2.24) is 14.7 Å². The summed E-state index contributed by atoms with van der Waals surface area (Å²) in [5, 5.41) is 0. The minimum atomic E-state index is -0.240. The summed E-state index contributed by atoms with van der Waals surface area (Å²) >= 11 is 0. The van der Waals surface area contributed by atoms with Crippen molar-refractivity contribution in [2.45, 2.75) is 40.0 Å². The highest BCUT2D eigenvalue weighted by atomic mass is 16.2. The number of amides is 1. The zero-order chi connectivity index (χ0) is 21.0. The van der Waals surface area contributed by atoms with Gasteiger partial charge in [-0.3, -0.25) is 19.3 Å². The van der Waals surface area contributed by atoms with E-state index in [4.69, 9.17) is 0 Å². The molecular formula is C23H31N3O3. The first-order valence-electron chi connectivity index (χ1n) is 10.7. The Labute approximate surface area is 173 Å². The lowest BCUT2D eigenvalue weighted by Crippen LogP contribution is -2.46. The average molecular weight is 398 g/mol. The SMILES string of the molecule is CCN(CC)C1=C(N(CC)C(=O)CN2CCCCC2)C(=O)c2ccccc2C1=O. The van der Waals surface area contributed by atoms with E-state index in [1.165, 1.54) is 11.3 Å². The van der Waals surface area contributed by atoms with Crippen LogP contribution in [0, 0.1) is 0 Å². The van der Waals surface area contributed by atoms with Crippen LogP contribution in [0.1, 0.15) is 60.7 Å². The number of piperidine rings is 1. The quantitative estimate of drug-likeness (QED) is 0.708. The number of hydrogen-bond acceptors (Lipinski definition) is 5. The van der Waals surface area contributed by atoms with Gasteiger partial charge in [0.2, 0.25) is 17.5 Å². The van der Waals surface area contributed by atoms with Gasteiger partial charge in [-0.2, -0.15) is 0 Å². The smallest absolute Gasteiger partial charge is 0.241 e. The molecule has 1 aliphatic carbocycles. The Morgan fingerprint density at radius 3 is 1.93 bits per heavy atom. The monoisotopic (exact) mass is 397 g/mol. The van der Waals surface area contributed by atoms with Gasteiger partial charge in [-0.05, 0) is 46.7 Å². The predicted molar refractivity (Wildman–Crippen MR) is 113 cm³/mol. The van der Waals surface area contributed by atoms with Gasteiger partial charge in [-0.25, -0.2) is 0 Å². The van der Waals surface area contributed by atoms with Crippen molar-refractivity contribution in [1.29, 1.82) is 0 Å². The van der Waals surface area contributed by atoms with Gasteiger partial charge in [-0.1, -0.05) is 30.7 Å². The molecule has 0 aromatic heterocycles. The molecule has 0 radical (unpaired) electrons. The number of Topliss-reactive ketones (excluding diaryl/α,β-unsaturated/α-hetero) is 2. The average Bonchev–Trinajstić information content (AvgIpc) is 2.75. The summed E-state index contributed by atoms with van der Waals surface area (Å²) in [5.41, 5.74) is 1.39. The van der Waals surface area contributed by atoms with Crippen molar-refractivity contribution in [3.63, 3.8) is 0 Å². The van der Waals surface area contributed by atoms with E-state index in [2.05, 4.69) is 4.90 Å². The number of benzene rings is 1. The van der Waals surface area contributed by atoms with E-state index in [0.29, 0.717) is 36.5 Å². The highest BCUT2D eigenvalue weighted by Gasteiger charge is 2.38. The molecular weight excluding hydrogens is 366 g/mol. The van der Waals surface area contributed by atoms with Crippen LogP contribution in [0.25, 0.3) is 0 Å². The number of carbonyl (C=O) groups excluding carboxylic acids is 3. The Morgan fingerprint density at radius 2 is 1.41 bits per heavy atom. The minimum absolute atomic E-state index is 0.116. The molecule has 2 aliphatic rings. The van der Waals surface area contributed by atoms with Crippen LogP contribution in [0.5, 0.6) is 0 Å². The second-order valence-electron chi connectivity index (χ2n) is 7.55. The topological polar surface area (TPSA) is 60.9 Å². The first-order valence-corrected chi connectivity index (χ1v) is 10.7. The van der Waals surface area contributed by atoms with E-state index in [1.807, 2.05) is 25.7 Å². The van der Waals surface area contributed by atoms with Crippen molar-refractivity contribution >= 4 is 17.5 Å². The molecule has 6 heteroatoms. The van der Waals surface area contributed by atoms with Crippen LogP contribution in [-0.4, -0.2) is 71.4 Å². The van der Waals surface area contributed by atoms with Gasteiger partial charge in [0, 0.05) is 30.8 Å². The Hall–Kier alpha value is -2.47. The van der Waals surface area contributed by atoms with E-state index >= 15 is 0 Å². The Morgan fingerprint density at radius 1 is 0.862 bits per heavy atom. The van der Waals surface area contributed by atoms with E-state index in [1.54, 1.807) is 24.3 Å². The maximum absolute atomic E-state index is 13.5. The maximum Gasteiger partial charge on any atom is 0.241 e. The molecule has 6 nitrogen and oxygen atoms in total. The number of hydrogen-bond donors (Lipinski definition) is 0. The molecule has 0 saturated carbocycles. The number of nitrogens with zero attached hydrogens (tertiary/aromatic N) is 3. The lowest BCUT2D eigenvalue weighted by atomic mass is 9.89. The van der Waals surface area contributed by atoms with Gasteiger partial charge >= 0.3 is 0 Å². The fraction of sp³-hybridized carbons (Fsp3) is 0.522. The van der Waals surface area contributed by atoms with Crippen molar-refractivity contribution in [2.75, 3.05) is 39.3 Å². The van der Waals surface area contributed by atoms with Crippen LogP contribution in [0.15, 0.2) is 35.7 Å². The Kier molecular flexibility index (Phi) is 6.85. The minimum Gasteiger partial charge on any atom is -0.367 e. The maximum atomic E-state index is 13.5. The largest absolute Gasteiger partial charge is 0.367 e. The van der Waals surface area contributed by atoms with Crippen LogP contribution in [0.2, 0.25) is 0 Å². The molecule has 156 valence electrons. The van der Waals surface area contributed by atoms with Crippen molar-refractivity contribution in [3.05, 3.63) is 46.8 Å². The summed E-state index contributed by atoms with van der Waals surface area (Å²) in [6, 6.07) is 6.91. The molecule has 0 unspecified atom stereocenters. The van der Waals surface area contributed by atoms with E-state index in [9.17, 15) is 14.4 Å². The summed E-state index contributed by atoms with van der Waals surface area (Å²) in [6.45, 7) is 9.40. The third kappa shape index (κ3) is 4.13. The molecule has 0 spiro atoms. The lowest BCUT2D eigenvalue weighted by Gasteiger charge is -2.35. The molecule has 1 heterocycles. The zero-order valence-electron chi connectivity index (χ0n) is 17.7. The second-order valence-corrected chi connectivity index (χ2v) is 7.55. The fourth-order valence-corrected chi connectivity index (χ4v) is 4.29. The fourth-order valence-electron chi connectivity index (χ4n) is 4.29. The molecule has 29 heavy (non-hydrogen) atoms. The van der Waals surface area contributed by atoms with Gasteiger partial charge in [0.25, 0.3) is 0 Å². The molecule has 1 fully saturated rings. The summed E-state index contributed by atoms with van der Waals surface area (Å²) in [5.74, 6) is -0.534. The third-order valence-electron chi connectivity index (χ3n) is 5.85. The standard InChI is InChI=1S/C23H31N3O3/c1-4-25(5-2)20-21(23(29)18-13-9-8-12-17(18)22(20)28)26(6-3)19(27)16-24-14-10-7-11-15-24/h8-9,12-13H,4-7,10-11,14-16H2,1-3H3. The van der Waals surface area contributed by atoms with Gasteiger partial charge in [-0.15, -0.1) is 0 Å². The van der Waals surface area contributed by atoms with Crippen molar-refractivity contribution < 1.29 is 14.4 Å². The zero-order valence-corrected chi connectivity index (χ0v) is 17.7. The number of ketones is 2. The molecule has 0 atom stereocenters. The molecule has 0 N–H and O–H groups in total. The number of likely N-dealkylation sites (tertiary alicyclic amines) is 1. The molecule has 1 amide bonds. The van der Waals surface area contributed by atoms with Crippen LogP contribution < -0.4 is 0 Å². The summed E-state index contributed by atoms with van der Waals surface area (Å²) in [6.07, 6.45) is 3.39. The molecule has 1 aliphatic heterocycles. The van der Waals surface area contributed by atoms with Crippen molar-refractivity contribution in [2.24, 2.45) is 0 Å². The second kappa shape index (κ2) is 9.35. The Bertz CT molecular complexity index is 820. The van der Waals surface area contributed by atoms with E-state index < -0.39 is 0 Å². The van der Waals surface area contributed by atoms with Crippen LogP contribution in [0.4, 0.5) is 0 Å². The number of rotatable bonds is 7. The molecule has 3 rings (SSSR count). The molecule has 1 saturated heterocycles. The van der Waals surface area contributed by atoms with E-state index in [-0.39, 0.29) is 29.7 Å². The van der Waals surface area contributed by atoms with Gasteiger partial charge < -0.3 is 9.80 Å². The van der Waals surface area contributed by atoms with Gasteiger partial charge in [0.05, 0.1) is 6.54 Å².